The highest BCUT2D eigenvalue weighted by atomic mass is 16.4. The number of amides is 3. The molecule has 5 atom stereocenters. The summed E-state index contributed by atoms with van der Waals surface area (Å²) in [7, 11) is 0. The number of aromatic nitrogens is 2. The van der Waals surface area contributed by atoms with Gasteiger partial charge in [0.15, 0.2) is 0 Å². The maximum atomic E-state index is 12.7. The average Bonchev–Trinajstić information content (AvgIpc) is 3.26. The lowest BCUT2D eigenvalue weighted by Gasteiger charge is -2.27. The predicted molar refractivity (Wildman–Crippen MR) is 107 cm³/mol. The van der Waals surface area contributed by atoms with E-state index >= 15 is 0 Å². The summed E-state index contributed by atoms with van der Waals surface area (Å²) in [6.07, 6.45) is 3.18. The summed E-state index contributed by atoms with van der Waals surface area (Å²) < 4.78 is 0. The van der Waals surface area contributed by atoms with E-state index in [-0.39, 0.29) is 12.3 Å². The number of aliphatic hydroxyl groups excluding tert-OH is 2. The zero-order valence-electron chi connectivity index (χ0n) is 17.4. The SMILES string of the molecule is CCC(C)C(NC(=O)C(N)CO)C(=O)NC(CO)C(=O)NC(Cc1cnc[nH]1)C(=O)O. The summed E-state index contributed by atoms with van der Waals surface area (Å²) in [4.78, 5) is 55.1. The summed E-state index contributed by atoms with van der Waals surface area (Å²) in [5.41, 5.74) is 5.93. The molecule has 0 saturated heterocycles. The topological polar surface area (TPSA) is 220 Å². The molecule has 1 aromatic heterocycles. The molecule has 0 aliphatic rings. The molecule has 3 amide bonds. The van der Waals surface area contributed by atoms with Crippen LogP contribution in [0.4, 0.5) is 0 Å². The van der Waals surface area contributed by atoms with E-state index in [1.54, 1.807) is 13.8 Å². The predicted octanol–water partition coefficient (Wildman–Crippen LogP) is -3.15. The number of rotatable bonds is 13. The lowest BCUT2D eigenvalue weighted by Crippen LogP contribution is -2.59. The molecule has 0 bridgehead atoms. The van der Waals surface area contributed by atoms with E-state index in [0.29, 0.717) is 12.1 Å². The second-order valence-corrected chi connectivity index (χ2v) is 7.08. The smallest absolute Gasteiger partial charge is 0.326 e. The first kappa shape index (κ1) is 26.0. The molecule has 1 heterocycles. The number of nitrogens with two attached hydrogens (primary N) is 1. The van der Waals surface area contributed by atoms with Crippen molar-refractivity contribution < 1.29 is 34.5 Å². The summed E-state index contributed by atoms with van der Waals surface area (Å²) in [5.74, 6) is -4.09. The largest absolute Gasteiger partial charge is 0.480 e. The van der Waals surface area contributed by atoms with E-state index in [9.17, 15) is 29.4 Å². The zero-order chi connectivity index (χ0) is 23.6. The van der Waals surface area contributed by atoms with Crippen LogP contribution in [0.15, 0.2) is 12.5 Å². The molecule has 0 aliphatic heterocycles. The first-order valence-corrected chi connectivity index (χ1v) is 9.72. The molecule has 9 N–H and O–H groups in total. The van der Waals surface area contributed by atoms with Crippen LogP contribution in [-0.4, -0.2) is 86.4 Å². The molecule has 31 heavy (non-hydrogen) atoms. The van der Waals surface area contributed by atoms with Gasteiger partial charge in [-0.25, -0.2) is 9.78 Å². The van der Waals surface area contributed by atoms with Gasteiger partial charge in [0.1, 0.15) is 24.2 Å². The van der Waals surface area contributed by atoms with Crippen LogP contribution in [0.5, 0.6) is 0 Å². The number of imidazole rings is 1. The molecule has 0 saturated carbocycles. The molecule has 13 heteroatoms. The number of aliphatic hydroxyl groups is 2. The Bertz CT molecular complexity index is 742. The Morgan fingerprint density at radius 2 is 1.71 bits per heavy atom. The number of carboxylic acid groups (broad SMARTS) is 1. The highest BCUT2D eigenvalue weighted by Crippen LogP contribution is 2.09. The molecule has 0 aromatic carbocycles. The van der Waals surface area contributed by atoms with Crippen molar-refractivity contribution >= 4 is 23.7 Å². The van der Waals surface area contributed by atoms with Crippen molar-refractivity contribution in [2.45, 2.75) is 50.9 Å². The number of carboxylic acids is 1. The Morgan fingerprint density at radius 1 is 1.06 bits per heavy atom. The van der Waals surface area contributed by atoms with Crippen LogP contribution < -0.4 is 21.7 Å². The van der Waals surface area contributed by atoms with Gasteiger partial charge in [0.05, 0.1) is 19.5 Å². The molecular formula is C18H30N6O7. The van der Waals surface area contributed by atoms with Crippen molar-refractivity contribution in [3.63, 3.8) is 0 Å². The van der Waals surface area contributed by atoms with Crippen molar-refractivity contribution in [1.82, 2.24) is 25.9 Å². The van der Waals surface area contributed by atoms with Crippen LogP contribution >= 0.6 is 0 Å². The second kappa shape index (κ2) is 12.6. The zero-order valence-corrected chi connectivity index (χ0v) is 17.4. The van der Waals surface area contributed by atoms with Gasteiger partial charge in [-0.2, -0.15) is 0 Å². The standard InChI is InChI=1S/C18H30N6O7/c1-3-9(2)14(24-15(27)11(19)6-25)17(29)23-13(7-26)16(28)22-12(18(30)31)4-10-5-20-8-21-10/h5,8-9,11-14,25-26H,3-4,6-7,19H2,1-2H3,(H,20,21)(H,22,28)(H,23,29)(H,24,27)(H,30,31). The van der Waals surface area contributed by atoms with Crippen LogP contribution in [0, 0.1) is 5.92 Å². The van der Waals surface area contributed by atoms with Crippen LogP contribution in [0.25, 0.3) is 0 Å². The van der Waals surface area contributed by atoms with Crippen molar-refractivity contribution in [3.05, 3.63) is 18.2 Å². The van der Waals surface area contributed by atoms with Gasteiger partial charge >= 0.3 is 5.97 Å². The Kier molecular flexibility index (Phi) is 10.6. The summed E-state index contributed by atoms with van der Waals surface area (Å²) in [6, 6.07) is -5.09. The molecule has 13 nitrogen and oxygen atoms in total. The number of aliphatic carboxylic acids is 1. The maximum absolute atomic E-state index is 12.7. The Labute approximate surface area is 178 Å². The average molecular weight is 442 g/mol. The van der Waals surface area contributed by atoms with Crippen LogP contribution in [0.3, 0.4) is 0 Å². The van der Waals surface area contributed by atoms with Crippen molar-refractivity contribution in [2.75, 3.05) is 13.2 Å². The van der Waals surface area contributed by atoms with Gasteiger partial charge in [0.2, 0.25) is 17.7 Å². The van der Waals surface area contributed by atoms with E-state index in [4.69, 9.17) is 10.8 Å². The van der Waals surface area contributed by atoms with Crippen molar-refractivity contribution in [2.24, 2.45) is 11.7 Å². The number of nitrogens with zero attached hydrogens (tertiary/aromatic N) is 1. The van der Waals surface area contributed by atoms with E-state index < -0.39 is 61.1 Å². The molecule has 174 valence electrons. The minimum Gasteiger partial charge on any atom is -0.480 e. The second-order valence-electron chi connectivity index (χ2n) is 7.08. The Balaban J connectivity index is 2.85. The van der Waals surface area contributed by atoms with Gasteiger partial charge in [0.25, 0.3) is 0 Å². The fraction of sp³-hybridized carbons (Fsp3) is 0.611. The van der Waals surface area contributed by atoms with Crippen molar-refractivity contribution in [1.29, 1.82) is 0 Å². The van der Waals surface area contributed by atoms with E-state index in [2.05, 4.69) is 25.9 Å². The number of hydrogen-bond acceptors (Lipinski definition) is 8. The van der Waals surface area contributed by atoms with Gasteiger partial charge < -0.3 is 42.0 Å². The lowest BCUT2D eigenvalue weighted by atomic mass is 9.97. The third kappa shape index (κ3) is 7.96. The molecule has 5 unspecified atom stereocenters. The van der Waals surface area contributed by atoms with Gasteiger partial charge in [-0.3, -0.25) is 14.4 Å². The van der Waals surface area contributed by atoms with Gasteiger partial charge in [0, 0.05) is 18.3 Å². The van der Waals surface area contributed by atoms with Crippen LogP contribution in [-0.2, 0) is 25.6 Å². The minimum absolute atomic E-state index is 0.0855. The molecular weight excluding hydrogens is 412 g/mol. The Hall–Kier alpha value is -3.03. The molecule has 1 aromatic rings. The van der Waals surface area contributed by atoms with Crippen molar-refractivity contribution in [3.8, 4) is 0 Å². The van der Waals surface area contributed by atoms with Gasteiger partial charge in [-0.05, 0) is 5.92 Å². The molecule has 1 rings (SSSR count). The molecule has 0 radical (unpaired) electrons. The van der Waals surface area contributed by atoms with E-state index in [1.165, 1.54) is 12.5 Å². The van der Waals surface area contributed by atoms with Crippen LogP contribution in [0.1, 0.15) is 26.0 Å². The highest BCUT2D eigenvalue weighted by molar-refractivity contribution is 5.94. The number of carbonyl (C=O) groups excluding carboxylic acids is 3. The number of carbonyl (C=O) groups is 4. The number of aromatic amines is 1. The fourth-order valence-corrected chi connectivity index (χ4v) is 2.59. The molecule has 0 spiro atoms. The fourth-order valence-electron chi connectivity index (χ4n) is 2.59. The third-order valence-corrected chi connectivity index (χ3v) is 4.74. The van der Waals surface area contributed by atoms with Gasteiger partial charge in [-0.15, -0.1) is 0 Å². The Morgan fingerprint density at radius 3 is 2.19 bits per heavy atom. The highest BCUT2D eigenvalue weighted by Gasteiger charge is 2.32. The van der Waals surface area contributed by atoms with Gasteiger partial charge in [-0.1, -0.05) is 20.3 Å². The van der Waals surface area contributed by atoms with Crippen LogP contribution in [0.2, 0.25) is 0 Å². The summed E-state index contributed by atoms with van der Waals surface area (Å²) in [6.45, 7) is 2.06. The van der Waals surface area contributed by atoms with E-state index in [0.717, 1.165) is 0 Å². The summed E-state index contributed by atoms with van der Waals surface area (Å²) in [5, 5.41) is 34.9. The number of hydrogen-bond donors (Lipinski definition) is 8. The molecule has 0 fully saturated rings. The minimum atomic E-state index is -1.45. The lowest BCUT2D eigenvalue weighted by molar-refractivity contribution is -0.142. The normalized spacial score (nSPS) is 15.8. The first-order valence-electron chi connectivity index (χ1n) is 9.72. The molecule has 0 aliphatic carbocycles. The number of H-pyrrole nitrogens is 1. The maximum Gasteiger partial charge on any atom is 0.326 e. The number of nitrogens with one attached hydrogen (secondary N) is 4. The monoisotopic (exact) mass is 442 g/mol. The first-order chi connectivity index (χ1) is 14.6. The third-order valence-electron chi connectivity index (χ3n) is 4.74. The summed E-state index contributed by atoms with van der Waals surface area (Å²) >= 11 is 0. The van der Waals surface area contributed by atoms with E-state index in [1.807, 2.05) is 0 Å². The quantitative estimate of drug-likeness (QED) is 0.154.